The van der Waals surface area contributed by atoms with Crippen LogP contribution in [0.15, 0.2) is 28.7 Å². The molecule has 0 fully saturated rings. The first-order chi connectivity index (χ1) is 7.84. The first-order valence-corrected chi connectivity index (χ1v) is 5.26. The van der Waals surface area contributed by atoms with Crippen molar-refractivity contribution in [2.45, 2.75) is 6.18 Å². The Balaban J connectivity index is 2.99. The Morgan fingerprint density at radius 2 is 2.06 bits per heavy atom. The number of esters is 1. The first kappa shape index (κ1) is 13.8. The quantitative estimate of drug-likeness (QED) is 0.616. The lowest BCUT2D eigenvalue weighted by Crippen LogP contribution is -2.04. The van der Waals surface area contributed by atoms with Crippen LogP contribution in [-0.2, 0) is 15.7 Å². The molecule has 0 N–H and O–H groups in total. The summed E-state index contributed by atoms with van der Waals surface area (Å²) in [6.07, 6.45) is -1.88. The Morgan fingerprint density at radius 3 is 2.53 bits per heavy atom. The molecule has 1 aromatic rings. The van der Waals surface area contributed by atoms with Gasteiger partial charge in [-0.2, -0.15) is 13.2 Å². The SMILES string of the molecule is COC(=O)C=Cc1ccc(C(F)(F)F)cc1Br. The van der Waals surface area contributed by atoms with E-state index in [0.717, 1.165) is 18.2 Å². The molecule has 2 nitrogen and oxygen atoms in total. The predicted molar refractivity (Wildman–Crippen MR) is 60.2 cm³/mol. The van der Waals surface area contributed by atoms with Gasteiger partial charge in [0.1, 0.15) is 0 Å². The molecule has 0 saturated carbocycles. The Hall–Kier alpha value is -1.30. The van der Waals surface area contributed by atoms with Crippen LogP contribution < -0.4 is 0 Å². The minimum atomic E-state index is -4.38. The maximum absolute atomic E-state index is 12.4. The summed E-state index contributed by atoms with van der Waals surface area (Å²) in [4.78, 5) is 10.8. The van der Waals surface area contributed by atoms with E-state index in [2.05, 4.69) is 20.7 Å². The molecule has 0 unspecified atom stereocenters. The smallest absolute Gasteiger partial charge is 0.416 e. The highest BCUT2D eigenvalue weighted by molar-refractivity contribution is 9.10. The van der Waals surface area contributed by atoms with Crippen molar-refractivity contribution >= 4 is 28.0 Å². The van der Waals surface area contributed by atoms with E-state index in [0.29, 0.717) is 5.56 Å². The maximum atomic E-state index is 12.4. The summed E-state index contributed by atoms with van der Waals surface area (Å²) in [5.74, 6) is -0.572. The molecule has 0 heterocycles. The van der Waals surface area contributed by atoms with Crippen molar-refractivity contribution in [2.75, 3.05) is 7.11 Å². The third-order valence-electron chi connectivity index (χ3n) is 1.93. The molecule has 6 heteroatoms. The fourth-order valence-electron chi connectivity index (χ4n) is 1.06. The monoisotopic (exact) mass is 308 g/mol. The molecule has 1 rings (SSSR count). The predicted octanol–water partition coefficient (Wildman–Crippen LogP) is 3.65. The zero-order valence-electron chi connectivity index (χ0n) is 8.72. The van der Waals surface area contributed by atoms with Crippen LogP contribution in [0.1, 0.15) is 11.1 Å². The summed E-state index contributed by atoms with van der Waals surface area (Å²) < 4.78 is 41.7. The van der Waals surface area contributed by atoms with Crippen molar-refractivity contribution < 1.29 is 22.7 Å². The lowest BCUT2D eigenvalue weighted by molar-refractivity contribution is -0.137. The van der Waals surface area contributed by atoms with Gasteiger partial charge in [-0.05, 0) is 23.8 Å². The van der Waals surface area contributed by atoms with E-state index < -0.39 is 17.7 Å². The molecule has 0 aliphatic rings. The van der Waals surface area contributed by atoms with Crippen LogP contribution in [0.3, 0.4) is 0 Å². The number of ether oxygens (including phenoxy) is 1. The number of carbonyl (C=O) groups excluding carboxylic acids is 1. The molecule has 0 aliphatic carbocycles. The molecule has 0 saturated heterocycles. The molecule has 0 spiro atoms. The van der Waals surface area contributed by atoms with Crippen LogP contribution >= 0.6 is 15.9 Å². The summed E-state index contributed by atoms with van der Waals surface area (Å²) in [6, 6.07) is 3.17. The highest BCUT2D eigenvalue weighted by Gasteiger charge is 2.30. The molecule has 0 radical (unpaired) electrons. The van der Waals surface area contributed by atoms with Gasteiger partial charge in [0.15, 0.2) is 0 Å². The van der Waals surface area contributed by atoms with E-state index >= 15 is 0 Å². The number of rotatable bonds is 2. The average molecular weight is 309 g/mol. The number of carbonyl (C=O) groups is 1. The van der Waals surface area contributed by atoms with Gasteiger partial charge in [-0.1, -0.05) is 22.0 Å². The number of hydrogen-bond donors (Lipinski definition) is 0. The van der Waals surface area contributed by atoms with Crippen LogP contribution in [0.5, 0.6) is 0 Å². The van der Waals surface area contributed by atoms with Gasteiger partial charge in [0.25, 0.3) is 0 Å². The second-order valence-electron chi connectivity index (χ2n) is 3.09. The number of hydrogen-bond acceptors (Lipinski definition) is 2. The Kier molecular flexibility index (Phi) is 4.34. The number of halogens is 4. The van der Waals surface area contributed by atoms with Crippen LogP contribution in [-0.4, -0.2) is 13.1 Å². The molecule has 1 aromatic carbocycles. The molecular weight excluding hydrogens is 301 g/mol. The molecule has 0 bridgehead atoms. The molecule has 0 atom stereocenters. The van der Waals surface area contributed by atoms with Gasteiger partial charge in [-0.15, -0.1) is 0 Å². The Morgan fingerprint density at radius 1 is 1.41 bits per heavy atom. The van der Waals surface area contributed by atoms with Gasteiger partial charge in [-0.3, -0.25) is 0 Å². The standard InChI is InChI=1S/C11H8BrF3O2/c1-17-10(16)5-3-7-2-4-8(6-9(7)12)11(13,14)15/h2-6H,1H3. The van der Waals surface area contributed by atoms with Gasteiger partial charge >= 0.3 is 12.1 Å². The highest BCUT2D eigenvalue weighted by Crippen LogP contribution is 2.32. The van der Waals surface area contributed by atoms with E-state index in [4.69, 9.17) is 0 Å². The number of benzene rings is 1. The molecular formula is C11H8BrF3O2. The Labute approximate surface area is 104 Å². The number of alkyl halides is 3. The molecule has 92 valence electrons. The second kappa shape index (κ2) is 5.35. The summed E-state index contributed by atoms with van der Waals surface area (Å²) >= 11 is 3.01. The van der Waals surface area contributed by atoms with Crippen molar-refractivity contribution in [3.8, 4) is 0 Å². The normalized spacial score (nSPS) is 11.8. The topological polar surface area (TPSA) is 26.3 Å². The minimum absolute atomic E-state index is 0.257. The van der Waals surface area contributed by atoms with Crippen LogP contribution in [0.2, 0.25) is 0 Å². The average Bonchev–Trinajstić information content (AvgIpc) is 2.25. The molecule has 0 amide bonds. The van der Waals surface area contributed by atoms with Crippen molar-refractivity contribution in [3.05, 3.63) is 39.9 Å². The van der Waals surface area contributed by atoms with Gasteiger partial charge < -0.3 is 4.74 Å². The third kappa shape index (κ3) is 3.89. The van der Waals surface area contributed by atoms with Crippen molar-refractivity contribution in [3.63, 3.8) is 0 Å². The van der Waals surface area contributed by atoms with Crippen LogP contribution in [0.4, 0.5) is 13.2 Å². The summed E-state index contributed by atoms with van der Waals surface area (Å²) in [5, 5.41) is 0. The van der Waals surface area contributed by atoms with E-state index in [1.54, 1.807) is 0 Å². The lowest BCUT2D eigenvalue weighted by Gasteiger charge is -2.08. The second-order valence-corrected chi connectivity index (χ2v) is 3.94. The Bertz CT molecular complexity index is 453. The van der Waals surface area contributed by atoms with Gasteiger partial charge in [0.2, 0.25) is 0 Å². The maximum Gasteiger partial charge on any atom is 0.416 e. The largest absolute Gasteiger partial charge is 0.466 e. The minimum Gasteiger partial charge on any atom is -0.466 e. The van der Waals surface area contributed by atoms with Crippen LogP contribution in [0, 0.1) is 0 Å². The molecule has 0 aliphatic heterocycles. The van der Waals surface area contributed by atoms with Crippen molar-refractivity contribution in [1.82, 2.24) is 0 Å². The fourth-order valence-corrected chi connectivity index (χ4v) is 1.58. The third-order valence-corrected chi connectivity index (χ3v) is 2.61. The van der Waals surface area contributed by atoms with E-state index in [1.165, 1.54) is 19.3 Å². The van der Waals surface area contributed by atoms with E-state index in [1.807, 2.05) is 0 Å². The molecule has 17 heavy (non-hydrogen) atoms. The highest BCUT2D eigenvalue weighted by atomic mass is 79.9. The zero-order valence-corrected chi connectivity index (χ0v) is 10.3. The van der Waals surface area contributed by atoms with E-state index in [9.17, 15) is 18.0 Å². The van der Waals surface area contributed by atoms with Gasteiger partial charge in [0.05, 0.1) is 12.7 Å². The summed E-state index contributed by atoms with van der Waals surface area (Å²) in [5.41, 5.74) is -0.289. The van der Waals surface area contributed by atoms with Crippen molar-refractivity contribution in [2.24, 2.45) is 0 Å². The zero-order chi connectivity index (χ0) is 13.1. The summed E-state index contributed by atoms with van der Waals surface area (Å²) in [6.45, 7) is 0. The summed E-state index contributed by atoms with van der Waals surface area (Å²) in [7, 11) is 1.22. The lowest BCUT2D eigenvalue weighted by atomic mass is 10.1. The molecule has 0 aromatic heterocycles. The van der Waals surface area contributed by atoms with Crippen molar-refractivity contribution in [1.29, 1.82) is 0 Å². The van der Waals surface area contributed by atoms with Gasteiger partial charge in [0, 0.05) is 10.5 Å². The van der Waals surface area contributed by atoms with Gasteiger partial charge in [-0.25, -0.2) is 4.79 Å². The van der Waals surface area contributed by atoms with E-state index in [-0.39, 0.29) is 4.47 Å². The number of methoxy groups -OCH3 is 1. The fraction of sp³-hybridized carbons (Fsp3) is 0.182. The van der Waals surface area contributed by atoms with Crippen LogP contribution in [0.25, 0.3) is 6.08 Å². The first-order valence-electron chi connectivity index (χ1n) is 4.47.